The molecular weight excluding hydrogens is 258 g/mol. The van der Waals surface area contributed by atoms with E-state index in [0.717, 1.165) is 23.8 Å². The summed E-state index contributed by atoms with van der Waals surface area (Å²) in [7, 11) is 0. The summed E-state index contributed by atoms with van der Waals surface area (Å²) in [4.78, 5) is 5.44. The second kappa shape index (κ2) is 7.94. The molecule has 21 heavy (non-hydrogen) atoms. The molecule has 2 saturated heterocycles. The smallest absolute Gasteiger partial charge is 0.0244 e. The molecule has 1 N–H and O–H groups in total. The predicted octanol–water partition coefficient (Wildman–Crippen LogP) is 2.67. The molecule has 4 atom stereocenters. The summed E-state index contributed by atoms with van der Waals surface area (Å²) < 4.78 is 0. The fourth-order valence-corrected chi connectivity index (χ4v) is 4.07. The van der Waals surface area contributed by atoms with Crippen LogP contribution in [-0.2, 0) is 0 Å². The summed E-state index contributed by atoms with van der Waals surface area (Å²) >= 11 is 0. The van der Waals surface area contributed by atoms with Crippen LogP contribution in [0.2, 0.25) is 0 Å². The van der Waals surface area contributed by atoms with Gasteiger partial charge in [0.1, 0.15) is 0 Å². The highest BCUT2D eigenvalue weighted by Crippen LogP contribution is 2.24. The Balaban J connectivity index is 1.94. The quantitative estimate of drug-likeness (QED) is 0.813. The van der Waals surface area contributed by atoms with Crippen molar-refractivity contribution in [2.45, 2.75) is 59.5 Å². The minimum Gasteiger partial charge on any atom is -0.311 e. The normalized spacial score (nSPS) is 33.7. The van der Waals surface area contributed by atoms with E-state index in [-0.39, 0.29) is 0 Å². The molecule has 0 bridgehead atoms. The van der Waals surface area contributed by atoms with Gasteiger partial charge in [-0.25, -0.2) is 0 Å². The van der Waals surface area contributed by atoms with Gasteiger partial charge in [-0.2, -0.15) is 0 Å². The third kappa shape index (κ3) is 4.43. The first-order valence-electron chi connectivity index (χ1n) is 9.24. The zero-order valence-electron chi connectivity index (χ0n) is 14.9. The summed E-state index contributed by atoms with van der Waals surface area (Å²) in [5, 5.41) is 3.82. The second-order valence-electron chi connectivity index (χ2n) is 7.71. The van der Waals surface area contributed by atoms with Gasteiger partial charge in [0, 0.05) is 38.3 Å². The summed E-state index contributed by atoms with van der Waals surface area (Å²) in [5.74, 6) is 2.43. The van der Waals surface area contributed by atoms with Crippen LogP contribution in [0.25, 0.3) is 0 Å². The third-order valence-electron chi connectivity index (χ3n) is 5.90. The first-order chi connectivity index (χ1) is 10.0. The van der Waals surface area contributed by atoms with Crippen molar-refractivity contribution >= 4 is 0 Å². The highest BCUT2D eigenvalue weighted by atomic mass is 15.2. The van der Waals surface area contributed by atoms with Gasteiger partial charge in [-0.15, -0.1) is 0 Å². The number of hydrogen-bond donors (Lipinski definition) is 1. The minimum absolute atomic E-state index is 0.689. The predicted molar refractivity (Wildman–Crippen MR) is 91.7 cm³/mol. The van der Waals surface area contributed by atoms with Crippen LogP contribution in [0.1, 0.15) is 47.5 Å². The molecule has 0 spiro atoms. The lowest BCUT2D eigenvalue weighted by molar-refractivity contribution is 0.0680. The number of nitrogens with one attached hydrogen (secondary N) is 1. The average Bonchev–Trinajstić information content (AvgIpc) is 2.93. The Kier molecular flexibility index (Phi) is 6.51. The van der Waals surface area contributed by atoms with Crippen LogP contribution in [0.15, 0.2) is 0 Å². The summed E-state index contributed by atoms with van der Waals surface area (Å²) in [6, 6.07) is 1.41. The molecule has 2 heterocycles. The van der Waals surface area contributed by atoms with Crippen LogP contribution in [0.4, 0.5) is 0 Å². The van der Waals surface area contributed by atoms with Crippen LogP contribution in [0.3, 0.4) is 0 Å². The Morgan fingerprint density at radius 3 is 2.48 bits per heavy atom. The minimum atomic E-state index is 0.689. The maximum Gasteiger partial charge on any atom is 0.0244 e. The zero-order chi connectivity index (χ0) is 15.4. The number of nitrogens with zero attached hydrogens (tertiary/aromatic N) is 2. The van der Waals surface area contributed by atoms with Crippen molar-refractivity contribution in [3.63, 3.8) is 0 Å². The van der Waals surface area contributed by atoms with Crippen LogP contribution < -0.4 is 5.32 Å². The molecule has 0 aliphatic carbocycles. The maximum atomic E-state index is 3.82. The molecule has 2 aliphatic heterocycles. The molecule has 2 aliphatic rings. The van der Waals surface area contributed by atoms with Gasteiger partial charge in [0.05, 0.1) is 0 Å². The van der Waals surface area contributed by atoms with Gasteiger partial charge in [-0.3, -0.25) is 4.90 Å². The largest absolute Gasteiger partial charge is 0.311 e. The molecule has 124 valence electrons. The van der Waals surface area contributed by atoms with Crippen molar-refractivity contribution in [3.05, 3.63) is 0 Å². The lowest BCUT2D eigenvalue weighted by Crippen LogP contribution is -2.60. The number of rotatable bonds is 6. The SMILES string of the molecule is CCC(C)C1CN(CC2CCN(CC)C2)C(C(C)C)CN1. The highest BCUT2D eigenvalue weighted by Gasteiger charge is 2.34. The van der Waals surface area contributed by atoms with Crippen molar-refractivity contribution in [2.24, 2.45) is 17.8 Å². The molecular formula is C18H37N3. The molecule has 0 aromatic rings. The Bertz CT molecular complexity index is 305. The summed E-state index contributed by atoms with van der Waals surface area (Å²) in [6.07, 6.45) is 2.68. The van der Waals surface area contributed by atoms with E-state index >= 15 is 0 Å². The molecule has 3 nitrogen and oxygen atoms in total. The second-order valence-corrected chi connectivity index (χ2v) is 7.71. The maximum absolute atomic E-state index is 3.82. The van der Waals surface area contributed by atoms with Crippen molar-refractivity contribution in [2.75, 3.05) is 39.3 Å². The Morgan fingerprint density at radius 1 is 1.14 bits per heavy atom. The van der Waals surface area contributed by atoms with Crippen LogP contribution in [0.5, 0.6) is 0 Å². The third-order valence-corrected chi connectivity index (χ3v) is 5.90. The van der Waals surface area contributed by atoms with Crippen LogP contribution >= 0.6 is 0 Å². The number of likely N-dealkylation sites (tertiary alicyclic amines) is 1. The van der Waals surface area contributed by atoms with E-state index < -0.39 is 0 Å². The van der Waals surface area contributed by atoms with Gasteiger partial charge in [0.2, 0.25) is 0 Å². The zero-order valence-corrected chi connectivity index (χ0v) is 14.9. The lowest BCUT2D eigenvalue weighted by atomic mass is 9.91. The van der Waals surface area contributed by atoms with E-state index in [1.165, 1.54) is 52.1 Å². The molecule has 2 rings (SSSR count). The van der Waals surface area contributed by atoms with Gasteiger partial charge >= 0.3 is 0 Å². The number of piperazine rings is 1. The Labute approximate surface area is 132 Å². The van der Waals surface area contributed by atoms with Crippen molar-refractivity contribution < 1.29 is 0 Å². The standard InChI is InChI=1S/C18H37N3/c1-6-15(5)17-13-21(18(10-19-17)14(3)4)12-16-8-9-20(7-2)11-16/h14-19H,6-13H2,1-5H3. The summed E-state index contributed by atoms with van der Waals surface area (Å²) in [5.41, 5.74) is 0. The lowest BCUT2D eigenvalue weighted by Gasteiger charge is -2.45. The molecule has 0 aromatic carbocycles. The Hall–Kier alpha value is -0.120. The molecule has 4 unspecified atom stereocenters. The number of hydrogen-bond acceptors (Lipinski definition) is 3. The molecule has 0 saturated carbocycles. The fourth-order valence-electron chi connectivity index (χ4n) is 4.07. The van der Waals surface area contributed by atoms with Crippen molar-refractivity contribution in [1.29, 1.82) is 0 Å². The Morgan fingerprint density at radius 2 is 1.90 bits per heavy atom. The molecule has 0 amide bonds. The van der Waals surface area contributed by atoms with Crippen molar-refractivity contribution in [1.82, 2.24) is 15.1 Å². The van der Waals surface area contributed by atoms with Gasteiger partial charge < -0.3 is 10.2 Å². The van der Waals surface area contributed by atoms with Crippen molar-refractivity contribution in [3.8, 4) is 0 Å². The monoisotopic (exact) mass is 295 g/mol. The van der Waals surface area contributed by atoms with E-state index in [0.29, 0.717) is 6.04 Å². The topological polar surface area (TPSA) is 18.5 Å². The van der Waals surface area contributed by atoms with E-state index in [2.05, 4.69) is 49.7 Å². The molecule has 2 fully saturated rings. The average molecular weight is 296 g/mol. The molecule has 0 aromatic heterocycles. The van der Waals surface area contributed by atoms with Gasteiger partial charge in [-0.05, 0) is 37.3 Å². The van der Waals surface area contributed by atoms with Crippen LogP contribution in [-0.4, -0.2) is 61.2 Å². The fraction of sp³-hybridized carbons (Fsp3) is 1.00. The van der Waals surface area contributed by atoms with Gasteiger partial charge in [-0.1, -0.05) is 41.0 Å². The molecule has 0 radical (unpaired) electrons. The van der Waals surface area contributed by atoms with E-state index in [4.69, 9.17) is 0 Å². The van der Waals surface area contributed by atoms with Gasteiger partial charge in [0.25, 0.3) is 0 Å². The van der Waals surface area contributed by atoms with E-state index in [1.54, 1.807) is 0 Å². The first-order valence-corrected chi connectivity index (χ1v) is 9.24. The molecule has 3 heteroatoms. The first kappa shape index (κ1) is 17.2. The highest BCUT2D eigenvalue weighted by molar-refractivity contribution is 4.91. The van der Waals surface area contributed by atoms with Gasteiger partial charge in [0.15, 0.2) is 0 Å². The summed E-state index contributed by atoms with van der Waals surface area (Å²) in [6.45, 7) is 19.4. The van der Waals surface area contributed by atoms with E-state index in [1.807, 2.05) is 0 Å². The van der Waals surface area contributed by atoms with Crippen LogP contribution in [0, 0.1) is 17.8 Å². The van der Waals surface area contributed by atoms with E-state index in [9.17, 15) is 0 Å².